The molecule has 0 aromatic heterocycles. The summed E-state index contributed by atoms with van der Waals surface area (Å²) in [6, 6.07) is 10.1. The molecule has 0 bridgehead atoms. The Labute approximate surface area is 122 Å². The third-order valence-electron chi connectivity index (χ3n) is 3.90. The first kappa shape index (κ1) is 16.6. The summed E-state index contributed by atoms with van der Waals surface area (Å²) in [6.07, 6.45) is 4.45. The minimum Gasteiger partial charge on any atom is -0.300 e. The number of Topliss-reactive ketones (excluding diaryl/α,β-unsaturated/α-hetero) is 2. The van der Waals surface area contributed by atoms with E-state index in [2.05, 4.69) is 19.1 Å². The number of carbonyl (C=O) groups excluding carboxylic acids is 2. The highest BCUT2D eigenvalue weighted by molar-refractivity contribution is 5.85. The van der Waals surface area contributed by atoms with Crippen LogP contribution in [0.2, 0.25) is 0 Å². The molecule has 2 heteroatoms. The van der Waals surface area contributed by atoms with Gasteiger partial charge in [0, 0.05) is 18.3 Å². The van der Waals surface area contributed by atoms with Crippen molar-refractivity contribution >= 4 is 11.6 Å². The number of ketones is 2. The van der Waals surface area contributed by atoms with Crippen molar-refractivity contribution in [2.45, 2.75) is 59.3 Å². The molecule has 0 amide bonds. The number of rotatable bonds is 9. The standard InChI is InChI=1S/C18H26O2/c1-4-5-11-17(20)18(3,13-12-15(2)19)14-16-9-7-6-8-10-16/h6-10H,4-5,11-14H2,1-3H3/t18-/m1/s1. The van der Waals surface area contributed by atoms with Gasteiger partial charge in [0.2, 0.25) is 0 Å². The van der Waals surface area contributed by atoms with Gasteiger partial charge >= 0.3 is 0 Å². The van der Waals surface area contributed by atoms with Gasteiger partial charge in [0.15, 0.2) is 0 Å². The number of carbonyl (C=O) groups is 2. The molecule has 1 rings (SSSR count). The normalized spacial score (nSPS) is 13.8. The van der Waals surface area contributed by atoms with E-state index in [1.54, 1.807) is 6.92 Å². The van der Waals surface area contributed by atoms with Gasteiger partial charge in [-0.2, -0.15) is 0 Å². The van der Waals surface area contributed by atoms with E-state index in [1.807, 2.05) is 25.1 Å². The molecule has 0 unspecified atom stereocenters. The predicted octanol–water partition coefficient (Wildman–Crippen LogP) is 4.36. The first-order valence-corrected chi connectivity index (χ1v) is 7.54. The van der Waals surface area contributed by atoms with Crippen molar-refractivity contribution in [1.29, 1.82) is 0 Å². The van der Waals surface area contributed by atoms with Gasteiger partial charge in [0.25, 0.3) is 0 Å². The maximum atomic E-state index is 12.5. The van der Waals surface area contributed by atoms with Gasteiger partial charge in [-0.25, -0.2) is 0 Å². The predicted molar refractivity (Wildman–Crippen MR) is 82.7 cm³/mol. The zero-order valence-electron chi connectivity index (χ0n) is 12.9. The van der Waals surface area contributed by atoms with Crippen LogP contribution < -0.4 is 0 Å². The van der Waals surface area contributed by atoms with Gasteiger partial charge < -0.3 is 4.79 Å². The maximum Gasteiger partial charge on any atom is 0.139 e. The van der Waals surface area contributed by atoms with Crippen molar-refractivity contribution < 1.29 is 9.59 Å². The molecule has 0 spiro atoms. The number of unbranched alkanes of at least 4 members (excludes halogenated alkanes) is 1. The fourth-order valence-corrected chi connectivity index (χ4v) is 2.46. The average molecular weight is 274 g/mol. The van der Waals surface area contributed by atoms with Crippen LogP contribution in [-0.4, -0.2) is 11.6 Å². The second kappa shape index (κ2) is 7.98. The Balaban J connectivity index is 2.82. The van der Waals surface area contributed by atoms with Crippen LogP contribution in [-0.2, 0) is 16.0 Å². The highest BCUT2D eigenvalue weighted by Crippen LogP contribution is 2.31. The Hall–Kier alpha value is -1.44. The minimum absolute atomic E-state index is 0.160. The molecule has 0 saturated heterocycles. The highest BCUT2D eigenvalue weighted by Gasteiger charge is 2.32. The summed E-state index contributed by atoms with van der Waals surface area (Å²) in [5.41, 5.74) is 0.755. The van der Waals surface area contributed by atoms with Crippen molar-refractivity contribution in [3.63, 3.8) is 0 Å². The van der Waals surface area contributed by atoms with E-state index in [1.165, 1.54) is 5.56 Å². The summed E-state index contributed by atoms with van der Waals surface area (Å²) in [7, 11) is 0. The quantitative estimate of drug-likeness (QED) is 0.670. The largest absolute Gasteiger partial charge is 0.300 e. The zero-order valence-corrected chi connectivity index (χ0v) is 12.9. The molecule has 1 aromatic rings. The molecule has 0 saturated carbocycles. The van der Waals surface area contributed by atoms with Crippen LogP contribution in [0.5, 0.6) is 0 Å². The molecule has 2 nitrogen and oxygen atoms in total. The third-order valence-corrected chi connectivity index (χ3v) is 3.90. The fourth-order valence-electron chi connectivity index (χ4n) is 2.46. The third kappa shape index (κ3) is 5.28. The Morgan fingerprint density at radius 3 is 2.30 bits per heavy atom. The van der Waals surface area contributed by atoms with Crippen LogP contribution in [0.25, 0.3) is 0 Å². The van der Waals surface area contributed by atoms with Gasteiger partial charge in [-0.3, -0.25) is 4.79 Å². The molecule has 0 aliphatic rings. The lowest BCUT2D eigenvalue weighted by molar-refractivity contribution is -0.129. The van der Waals surface area contributed by atoms with Crippen molar-refractivity contribution in [3.05, 3.63) is 35.9 Å². The number of benzene rings is 1. The molecule has 110 valence electrons. The van der Waals surface area contributed by atoms with Crippen molar-refractivity contribution in [3.8, 4) is 0 Å². The Morgan fingerprint density at radius 1 is 1.10 bits per heavy atom. The minimum atomic E-state index is -0.414. The van der Waals surface area contributed by atoms with Crippen molar-refractivity contribution in [2.75, 3.05) is 0 Å². The van der Waals surface area contributed by atoms with E-state index in [0.717, 1.165) is 19.3 Å². The summed E-state index contributed by atoms with van der Waals surface area (Å²) < 4.78 is 0. The van der Waals surface area contributed by atoms with Gasteiger partial charge in [0.05, 0.1) is 0 Å². The molecule has 0 aliphatic heterocycles. The van der Waals surface area contributed by atoms with Crippen LogP contribution in [0, 0.1) is 5.41 Å². The van der Waals surface area contributed by atoms with E-state index >= 15 is 0 Å². The van der Waals surface area contributed by atoms with E-state index in [9.17, 15) is 9.59 Å². The monoisotopic (exact) mass is 274 g/mol. The van der Waals surface area contributed by atoms with Crippen LogP contribution in [0.15, 0.2) is 30.3 Å². The lowest BCUT2D eigenvalue weighted by atomic mass is 9.74. The Kier molecular flexibility index (Phi) is 6.63. The molecular weight excluding hydrogens is 248 g/mol. The van der Waals surface area contributed by atoms with Gasteiger partial charge in [-0.1, -0.05) is 50.6 Å². The van der Waals surface area contributed by atoms with Crippen LogP contribution in [0.3, 0.4) is 0 Å². The molecule has 1 aromatic carbocycles. The van der Waals surface area contributed by atoms with E-state index < -0.39 is 5.41 Å². The summed E-state index contributed by atoms with van der Waals surface area (Å²) in [5, 5.41) is 0. The Bertz CT molecular complexity index is 436. The molecule has 0 N–H and O–H groups in total. The average Bonchev–Trinajstić information content (AvgIpc) is 2.43. The molecule has 20 heavy (non-hydrogen) atoms. The maximum absolute atomic E-state index is 12.5. The summed E-state index contributed by atoms with van der Waals surface area (Å²) >= 11 is 0. The number of hydrogen-bond donors (Lipinski definition) is 0. The van der Waals surface area contributed by atoms with Crippen LogP contribution >= 0.6 is 0 Å². The molecular formula is C18H26O2. The second-order valence-corrected chi connectivity index (χ2v) is 5.95. The first-order valence-electron chi connectivity index (χ1n) is 7.54. The van der Waals surface area contributed by atoms with Crippen molar-refractivity contribution in [2.24, 2.45) is 5.41 Å². The van der Waals surface area contributed by atoms with Gasteiger partial charge in [-0.15, -0.1) is 0 Å². The van der Waals surface area contributed by atoms with Gasteiger partial charge in [0.1, 0.15) is 11.6 Å². The topological polar surface area (TPSA) is 34.1 Å². The number of hydrogen-bond acceptors (Lipinski definition) is 2. The van der Waals surface area contributed by atoms with E-state index in [4.69, 9.17) is 0 Å². The van der Waals surface area contributed by atoms with Crippen LogP contribution in [0.4, 0.5) is 0 Å². The SMILES string of the molecule is CCCCC(=O)[C@](C)(CCC(C)=O)Cc1ccccc1. The summed E-state index contributed by atoms with van der Waals surface area (Å²) in [6.45, 7) is 5.71. The second-order valence-electron chi connectivity index (χ2n) is 5.95. The van der Waals surface area contributed by atoms with Crippen LogP contribution in [0.1, 0.15) is 58.4 Å². The van der Waals surface area contributed by atoms with E-state index in [-0.39, 0.29) is 5.78 Å². The lowest BCUT2D eigenvalue weighted by Gasteiger charge is -2.28. The molecule has 0 fully saturated rings. The smallest absolute Gasteiger partial charge is 0.139 e. The first-order chi connectivity index (χ1) is 9.48. The lowest BCUT2D eigenvalue weighted by Crippen LogP contribution is -2.31. The van der Waals surface area contributed by atoms with Crippen molar-refractivity contribution in [1.82, 2.24) is 0 Å². The molecule has 1 atom stereocenters. The van der Waals surface area contributed by atoms with E-state index in [0.29, 0.717) is 25.0 Å². The summed E-state index contributed by atoms with van der Waals surface area (Å²) in [5.74, 6) is 0.456. The zero-order chi connectivity index (χ0) is 15.0. The fraction of sp³-hybridized carbons (Fsp3) is 0.556. The summed E-state index contributed by atoms with van der Waals surface area (Å²) in [4.78, 5) is 23.8. The Morgan fingerprint density at radius 2 is 1.75 bits per heavy atom. The molecule has 0 aliphatic carbocycles. The molecule has 0 heterocycles. The molecule has 0 radical (unpaired) electrons. The van der Waals surface area contributed by atoms with Gasteiger partial charge in [-0.05, 0) is 31.7 Å². The highest BCUT2D eigenvalue weighted by atomic mass is 16.1.